The van der Waals surface area contributed by atoms with Gasteiger partial charge in [-0.25, -0.2) is 4.98 Å². The summed E-state index contributed by atoms with van der Waals surface area (Å²) < 4.78 is 0. The van der Waals surface area contributed by atoms with Gasteiger partial charge in [0.05, 0.1) is 5.52 Å². The van der Waals surface area contributed by atoms with Crippen LogP contribution in [-0.2, 0) is 0 Å². The minimum absolute atomic E-state index is 0.401. The molecule has 0 saturated carbocycles. The van der Waals surface area contributed by atoms with Gasteiger partial charge >= 0.3 is 0 Å². The zero-order valence-corrected chi connectivity index (χ0v) is 11.1. The predicted octanol–water partition coefficient (Wildman–Crippen LogP) is 2.05. The summed E-state index contributed by atoms with van der Waals surface area (Å²) in [6.07, 6.45) is 0. The second-order valence-corrected chi connectivity index (χ2v) is 4.52. The fraction of sp³-hybridized carbons (Fsp3) is 0. The second-order valence-electron chi connectivity index (χ2n) is 4.52. The Balaban J connectivity index is 1.92. The maximum absolute atomic E-state index is 11.0. The summed E-state index contributed by atoms with van der Waals surface area (Å²) >= 11 is 0. The molecule has 0 spiro atoms. The number of nitrogens with zero attached hydrogens (tertiary/aromatic N) is 2. The van der Waals surface area contributed by atoms with Crippen LogP contribution in [-0.4, -0.2) is 15.9 Å². The third kappa shape index (κ3) is 2.59. The molecule has 104 valence electrons. The van der Waals surface area contributed by atoms with Gasteiger partial charge in [-0.2, -0.15) is 4.98 Å². The fourth-order valence-electron chi connectivity index (χ4n) is 2.00. The van der Waals surface area contributed by atoms with Crippen molar-refractivity contribution >= 4 is 34.3 Å². The number of benzene rings is 2. The third-order valence-electron chi connectivity index (χ3n) is 3.06. The number of nitrogens with two attached hydrogens (primary N) is 2. The van der Waals surface area contributed by atoms with E-state index >= 15 is 0 Å². The van der Waals surface area contributed by atoms with Crippen LogP contribution < -0.4 is 16.8 Å². The number of rotatable bonds is 3. The fourth-order valence-corrected chi connectivity index (χ4v) is 2.00. The van der Waals surface area contributed by atoms with Gasteiger partial charge in [-0.05, 0) is 36.4 Å². The Labute approximate surface area is 120 Å². The highest BCUT2D eigenvalue weighted by Gasteiger charge is 2.05. The van der Waals surface area contributed by atoms with Crippen LogP contribution in [0.3, 0.4) is 0 Å². The van der Waals surface area contributed by atoms with Gasteiger partial charge in [0.15, 0.2) is 0 Å². The number of carbonyl (C=O) groups is 1. The summed E-state index contributed by atoms with van der Waals surface area (Å²) in [5.41, 5.74) is 13.1. The third-order valence-corrected chi connectivity index (χ3v) is 3.06. The van der Waals surface area contributed by atoms with E-state index in [1.807, 2.05) is 24.3 Å². The average Bonchev–Trinajstić information content (AvgIpc) is 2.48. The average molecular weight is 279 g/mol. The molecule has 0 unspecified atom stereocenters. The molecule has 1 amide bonds. The monoisotopic (exact) mass is 279 g/mol. The molecule has 0 fully saturated rings. The molecule has 21 heavy (non-hydrogen) atoms. The summed E-state index contributed by atoms with van der Waals surface area (Å²) in [4.78, 5) is 19.6. The largest absolute Gasteiger partial charge is 0.383 e. The van der Waals surface area contributed by atoms with Gasteiger partial charge in [-0.15, -0.1) is 0 Å². The molecule has 0 aliphatic heterocycles. The van der Waals surface area contributed by atoms with E-state index in [1.165, 1.54) is 0 Å². The number of aromatic nitrogens is 2. The predicted molar refractivity (Wildman–Crippen MR) is 82.2 cm³/mol. The molecule has 0 bridgehead atoms. The van der Waals surface area contributed by atoms with Crippen LogP contribution in [0.4, 0.5) is 17.5 Å². The topological polar surface area (TPSA) is 107 Å². The van der Waals surface area contributed by atoms with Crippen molar-refractivity contribution < 1.29 is 4.79 Å². The number of hydrogen-bond acceptors (Lipinski definition) is 5. The van der Waals surface area contributed by atoms with E-state index in [0.29, 0.717) is 17.3 Å². The number of anilines is 3. The summed E-state index contributed by atoms with van der Waals surface area (Å²) in [6, 6.07) is 14.2. The maximum Gasteiger partial charge on any atom is 0.248 e. The molecule has 2 aromatic carbocycles. The highest BCUT2D eigenvalue weighted by atomic mass is 16.1. The minimum atomic E-state index is -0.465. The van der Waals surface area contributed by atoms with Crippen LogP contribution in [0, 0.1) is 0 Å². The van der Waals surface area contributed by atoms with Crippen LogP contribution in [0.1, 0.15) is 10.4 Å². The van der Waals surface area contributed by atoms with Crippen molar-refractivity contribution in [2.75, 3.05) is 11.1 Å². The Morgan fingerprint density at radius 1 is 1.00 bits per heavy atom. The van der Waals surface area contributed by atoms with Gasteiger partial charge in [-0.1, -0.05) is 12.1 Å². The van der Waals surface area contributed by atoms with E-state index in [-0.39, 0.29) is 0 Å². The lowest BCUT2D eigenvalue weighted by Crippen LogP contribution is -2.10. The van der Waals surface area contributed by atoms with Crippen LogP contribution in [0.2, 0.25) is 0 Å². The quantitative estimate of drug-likeness (QED) is 0.680. The SMILES string of the molecule is NC(=O)c1ccc(Nc2nc(N)c3ccccc3n2)cc1. The molecule has 0 aliphatic carbocycles. The molecule has 6 heteroatoms. The number of fused-ring (bicyclic) bond motifs is 1. The first-order valence-corrected chi connectivity index (χ1v) is 6.32. The number of nitrogens with one attached hydrogen (secondary N) is 1. The molecule has 3 aromatic rings. The molecule has 1 aromatic heterocycles. The van der Waals surface area contributed by atoms with Crippen molar-refractivity contribution in [1.29, 1.82) is 0 Å². The van der Waals surface area contributed by atoms with E-state index in [1.54, 1.807) is 24.3 Å². The van der Waals surface area contributed by atoms with Gasteiger partial charge in [-0.3, -0.25) is 4.79 Å². The first-order valence-electron chi connectivity index (χ1n) is 6.32. The van der Waals surface area contributed by atoms with E-state index in [9.17, 15) is 4.79 Å². The first kappa shape index (κ1) is 12.9. The van der Waals surface area contributed by atoms with Gasteiger partial charge in [0.2, 0.25) is 11.9 Å². The normalized spacial score (nSPS) is 10.5. The number of para-hydroxylation sites is 1. The Morgan fingerprint density at radius 3 is 2.43 bits per heavy atom. The van der Waals surface area contributed by atoms with Crippen molar-refractivity contribution in [3.8, 4) is 0 Å². The summed E-state index contributed by atoms with van der Waals surface area (Å²) in [6.45, 7) is 0. The van der Waals surface area contributed by atoms with Crippen molar-refractivity contribution in [3.05, 3.63) is 54.1 Å². The van der Waals surface area contributed by atoms with Crippen LogP contribution in [0.15, 0.2) is 48.5 Å². The Bertz CT molecular complexity index is 814. The summed E-state index contributed by atoms with van der Waals surface area (Å²) in [5.74, 6) is 0.350. The first-order chi connectivity index (χ1) is 10.1. The zero-order chi connectivity index (χ0) is 14.8. The number of nitrogen functional groups attached to an aromatic ring is 1. The standard InChI is InChI=1S/C15H13N5O/c16-13-11-3-1-2-4-12(11)19-15(20-13)18-10-7-5-9(6-8-10)14(17)21/h1-8H,(H2,17,21)(H3,16,18,19,20). The van der Waals surface area contributed by atoms with Crippen molar-refractivity contribution in [2.45, 2.75) is 0 Å². The molecule has 6 nitrogen and oxygen atoms in total. The van der Waals surface area contributed by atoms with Crippen LogP contribution >= 0.6 is 0 Å². The zero-order valence-electron chi connectivity index (χ0n) is 11.1. The molecular formula is C15H13N5O. The molecule has 0 radical (unpaired) electrons. The number of amides is 1. The summed E-state index contributed by atoms with van der Waals surface area (Å²) in [5, 5.41) is 3.86. The number of primary amides is 1. The Kier molecular flexibility index (Phi) is 3.12. The summed E-state index contributed by atoms with van der Waals surface area (Å²) in [7, 11) is 0. The Hall–Kier alpha value is -3.15. The van der Waals surface area contributed by atoms with Gasteiger partial charge in [0.25, 0.3) is 0 Å². The van der Waals surface area contributed by atoms with Crippen molar-refractivity contribution in [2.24, 2.45) is 5.73 Å². The van der Waals surface area contributed by atoms with Gasteiger partial charge < -0.3 is 16.8 Å². The lowest BCUT2D eigenvalue weighted by atomic mass is 10.2. The molecular weight excluding hydrogens is 266 g/mol. The van der Waals surface area contributed by atoms with E-state index in [4.69, 9.17) is 11.5 Å². The van der Waals surface area contributed by atoms with Gasteiger partial charge in [0, 0.05) is 16.6 Å². The highest BCUT2D eigenvalue weighted by Crippen LogP contribution is 2.21. The maximum atomic E-state index is 11.0. The smallest absolute Gasteiger partial charge is 0.248 e. The lowest BCUT2D eigenvalue weighted by Gasteiger charge is -2.08. The Morgan fingerprint density at radius 2 is 1.71 bits per heavy atom. The van der Waals surface area contributed by atoms with Crippen LogP contribution in [0.25, 0.3) is 10.9 Å². The molecule has 1 heterocycles. The molecule has 0 saturated heterocycles. The second kappa shape index (κ2) is 5.09. The molecule has 0 atom stereocenters. The van der Waals surface area contributed by atoms with E-state index < -0.39 is 5.91 Å². The number of hydrogen-bond donors (Lipinski definition) is 3. The minimum Gasteiger partial charge on any atom is -0.383 e. The van der Waals surface area contributed by atoms with Crippen molar-refractivity contribution in [1.82, 2.24) is 9.97 Å². The molecule has 3 rings (SSSR count). The van der Waals surface area contributed by atoms with Crippen molar-refractivity contribution in [3.63, 3.8) is 0 Å². The van der Waals surface area contributed by atoms with E-state index in [0.717, 1.165) is 16.6 Å². The van der Waals surface area contributed by atoms with E-state index in [2.05, 4.69) is 15.3 Å². The van der Waals surface area contributed by atoms with Crippen LogP contribution in [0.5, 0.6) is 0 Å². The van der Waals surface area contributed by atoms with Gasteiger partial charge in [0.1, 0.15) is 5.82 Å². The number of carbonyl (C=O) groups excluding carboxylic acids is 1. The lowest BCUT2D eigenvalue weighted by molar-refractivity contribution is 0.100. The highest BCUT2D eigenvalue weighted by molar-refractivity contribution is 5.93. The molecule has 5 N–H and O–H groups in total. The molecule has 0 aliphatic rings.